The van der Waals surface area contributed by atoms with Gasteiger partial charge in [-0.1, -0.05) is 52.3 Å². The lowest BCUT2D eigenvalue weighted by atomic mass is 10.0. The molecule has 0 aliphatic carbocycles. The van der Waals surface area contributed by atoms with Crippen LogP contribution in [0.3, 0.4) is 0 Å². The number of amides is 2. The van der Waals surface area contributed by atoms with Crippen molar-refractivity contribution in [1.82, 2.24) is 9.97 Å². The lowest BCUT2D eigenvalue weighted by Crippen LogP contribution is -2.17. The number of pyridine rings is 2. The number of primary sulfonamides is 2. The molecule has 0 atom stereocenters. The molecule has 6 aromatic rings. The molecule has 6 rings (SSSR count). The minimum Gasteiger partial charge on any atom is -0.326 e. The van der Waals surface area contributed by atoms with Crippen molar-refractivity contribution >= 4 is 59.2 Å². The first-order chi connectivity index (χ1) is 29.3. The largest absolute Gasteiger partial charge is 0.417 e. The van der Waals surface area contributed by atoms with E-state index in [0.717, 1.165) is 58.8 Å². The maximum Gasteiger partial charge on any atom is 0.417 e. The van der Waals surface area contributed by atoms with Crippen LogP contribution in [-0.4, -0.2) is 38.6 Å². The first-order valence-corrected chi connectivity index (χ1v) is 21.3. The van der Waals surface area contributed by atoms with Gasteiger partial charge in [-0.15, -0.1) is 0 Å². The SMILES string of the molecule is NS(=O)(=O)c1cc(NC(=O)Cc2ccc(F)cc2F)ccc1-c1cncc(C(F)(F)F)c1.NS(=O)(=O)c1cc(NC(=O)Cc2ccccc2Br)ccc1-c1cncc(C(F)(F)F)c1. The van der Waals surface area contributed by atoms with Crippen LogP contribution in [0.5, 0.6) is 0 Å². The van der Waals surface area contributed by atoms with Gasteiger partial charge in [-0.05, 0) is 59.7 Å². The van der Waals surface area contributed by atoms with Crippen molar-refractivity contribution in [3.8, 4) is 22.3 Å². The summed E-state index contributed by atoms with van der Waals surface area (Å²) in [4.78, 5) is 30.6. The first kappa shape index (κ1) is 47.9. The normalized spacial score (nSPS) is 11.9. The van der Waals surface area contributed by atoms with Gasteiger partial charge < -0.3 is 10.6 Å². The van der Waals surface area contributed by atoms with E-state index in [1.165, 1.54) is 18.2 Å². The second-order valence-electron chi connectivity index (χ2n) is 13.2. The van der Waals surface area contributed by atoms with E-state index < -0.39 is 83.2 Å². The van der Waals surface area contributed by atoms with Gasteiger partial charge in [0.2, 0.25) is 31.9 Å². The van der Waals surface area contributed by atoms with Crippen LogP contribution in [0.4, 0.5) is 46.5 Å². The molecule has 0 fully saturated rings. The van der Waals surface area contributed by atoms with E-state index in [2.05, 4.69) is 36.5 Å². The number of halogens is 9. The van der Waals surface area contributed by atoms with Gasteiger partial charge in [-0.3, -0.25) is 19.6 Å². The molecule has 12 nitrogen and oxygen atoms in total. The molecular formula is C40H29BrF8N6O6S2. The standard InChI is InChI=1S/C20H15BrF3N3O3S.C20H14F5N3O3S/c21-17-4-2-1-3-12(17)8-19(28)27-15-5-6-16(18(9-15)31(25,29)30)13-7-14(11-26-10-13)20(22,23)24;21-14-2-1-11(17(22)7-14)6-19(29)28-15-3-4-16(18(8-15)32(26,30)31)12-5-13(10-27-9-12)20(23,24)25/h1-7,9-11H,8H2,(H,27,28)(H2,25,29,30);1-5,7-10H,6H2,(H,28,29)(H2,26,30,31). The Hall–Kier alpha value is -6.14. The average Bonchev–Trinajstić information content (AvgIpc) is 3.19. The third-order valence-electron chi connectivity index (χ3n) is 8.57. The molecule has 0 aliphatic heterocycles. The highest BCUT2D eigenvalue weighted by molar-refractivity contribution is 9.10. The zero-order valence-electron chi connectivity index (χ0n) is 31.6. The second kappa shape index (κ2) is 19.1. The van der Waals surface area contributed by atoms with Crippen molar-refractivity contribution in [3.63, 3.8) is 0 Å². The van der Waals surface area contributed by atoms with Gasteiger partial charge in [0.1, 0.15) is 11.6 Å². The Bertz CT molecular complexity index is 2940. The summed E-state index contributed by atoms with van der Waals surface area (Å²) in [5, 5.41) is 15.4. The molecule has 2 aromatic heterocycles. The number of sulfonamides is 2. The topological polar surface area (TPSA) is 204 Å². The van der Waals surface area contributed by atoms with Crippen molar-refractivity contribution < 1.29 is 61.5 Å². The fraction of sp³-hybridized carbons (Fsp3) is 0.100. The van der Waals surface area contributed by atoms with E-state index in [-0.39, 0.29) is 45.6 Å². The minimum absolute atomic E-state index is 0.0193. The van der Waals surface area contributed by atoms with Crippen LogP contribution in [0.25, 0.3) is 22.3 Å². The van der Waals surface area contributed by atoms with Gasteiger partial charge in [-0.2, -0.15) is 26.3 Å². The molecule has 0 spiro atoms. The van der Waals surface area contributed by atoms with E-state index >= 15 is 0 Å². The van der Waals surface area contributed by atoms with Crippen LogP contribution < -0.4 is 20.9 Å². The molecule has 0 radical (unpaired) electrons. The van der Waals surface area contributed by atoms with Crippen molar-refractivity contribution in [2.45, 2.75) is 35.0 Å². The van der Waals surface area contributed by atoms with Gasteiger partial charge in [0.05, 0.1) is 33.8 Å². The molecule has 330 valence electrons. The van der Waals surface area contributed by atoms with Gasteiger partial charge in [0.15, 0.2) is 0 Å². The van der Waals surface area contributed by atoms with Gasteiger partial charge in [-0.25, -0.2) is 35.9 Å². The number of nitrogens with zero attached hydrogens (tertiary/aromatic N) is 2. The summed E-state index contributed by atoms with van der Waals surface area (Å²) >= 11 is 3.34. The number of benzene rings is 4. The van der Waals surface area contributed by atoms with E-state index in [4.69, 9.17) is 10.3 Å². The van der Waals surface area contributed by atoms with Gasteiger partial charge in [0, 0.05) is 69.0 Å². The number of aromatic nitrogens is 2. The maximum absolute atomic E-state index is 13.7. The summed E-state index contributed by atoms with van der Waals surface area (Å²) in [6.45, 7) is 0. The fourth-order valence-electron chi connectivity index (χ4n) is 5.70. The Morgan fingerprint density at radius 1 is 0.587 bits per heavy atom. The van der Waals surface area contributed by atoms with Crippen LogP contribution in [0.1, 0.15) is 22.3 Å². The Kier molecular flexibility index (Phi) is 14.5. The molecule has 0 unspecified atom stereocenters. The third kappa shape index (κ3) is 13.0. The molecule has 0 saturated heterocycles. The van der Waals surface area contributed by atoms with Crippen LogP contribution >= 0.6 is 15.9 Å². The predicted molar refractivity (Wildman–Crippen MR) is 217 cm³/mol. The summed E-state index contributed by atoms with van der Waals surface area (Å²) < 4.78 is 154. The number of hydrogen-bond donors (Lipinski definition) is 4. The number of carbonyl (C=O) groups excluding carboxylic acids is 2. The van der Waals surface area contributed by atoms with Crippen molar-refractivity contribution in [2.75, 3.05) is 10.6 Å². The van der Waals surface area contributed by atoms with Crippen molar-refractivity contribution in [3.05, 3.63) is 154 Å². The van der Waals surface area contributed by atoms with E-state index in [1.54, 1.807) is 24.3 Å². The average molecular weight is 986 g/mol. The molecule has 0 saturated carbocycles. The summed E-state index contributed by atoms with van der Waals surface area (Å²) in [6.07, 6.45) is -6.45. The summed E-state index contributed by atoms with van der Waals surface area (Å²) in [5.74, 6) is -2.91. The van der Waals surface area contributed by atoms with Crippen LogP contribution in [-0.2, 0) is 54.8 Å². The highest BCUT2D eigenvalue weighted by Gasteiger charge is 2.33. The second-order valence-corrected chi connectivity index (χ2v) is 17.1. The van der Waals surface area contributed by atoms with E-state index in [1.807, 2.05) is 0 Å². The highest BCUT2D eigenvalue weighted by atomic mass is 79.9. The van der Waals surface area contributed by atoms with Gasteiger partial charge in [0.25, 0.3) is 0 Å². The smallest absolute Gasteiger partial charge is 0.326 e. The molecule has 4 aromatic carbocycles. The minimum atomic E-state index is -4.70. The summed E-state index contributed by atoms with van der Waals surface area (Å²) in [6, 6.07) is 18.4. The van der Waals surface area contributed by atoms with Crippen LogP contribution in [0, 0.1) is 11.6 Å². The number of nitrogens with one attached hydrogen (secondary N) is 2. The molecule has 23 heteroatoms. The van der Waals surface area contributed by atoms with Crippen molar-refractivity contribution in [2.24, 2.45) is 10.3 Å². The molecule has 63 heavy (non-hydrogen) atoms. The number of alkyl halides is 6. The molecule has 2 heterocycles. The quantitative estimate of drug-likeness (QED) is 0.0982. The number of carbonyl (C=O) groups is 2. The Morgan fingerprint density at radius 3 is 1.44 bits per heavy atom. The monoisotopic (exact) mass is 984 g/mol. The Labute approximate surface area is 361 Å². The maximum atomic E-state index is 13.7. The van der Waals surface area contributed by atoms with Gasteiger partial charge >= 0.3 is 12.4 Å². The third-order valence-corrected chi connectivity index (χ3v) is 11.2. The number of nitrogens with two attached hydrogens (primary N) is 2. The van der Waals surface area contributed by atoms with Crippen LogP contribution in [0.15, 0.2) is 130 Å². The van der Waals surface area contributed by atoms with Crippen molar-refractivity contribution in [1.29, 1.82) is 0 Å². The zero-order valence-corrected chi connectivity index (χ0v) is 34.8. The zero-order chi connectivity index (χ0) is 46.5. The molecule has 0 aliphatic rings. The fourth-order valence-corrected chi connectivity index (χ4v) is 7.69. The molecule has 0 bridgehead atoms. The van der Waals surface area contributed by atoms with E-state index in [0.29, 0.717) is 24.5 Å². The number of hydrogen-bond acceptors (Lipinski definition) is 8. The highest BCUT2D eigenvalue weighted by Crippen LogP contribution is 2.36. The molecule has 2 amide bonds. The van der Waals surface area contributed by atoms with Crippen LogP contribution in [0.2, 0.25) is 0 Å². The predicted octanol–water partition coefficient (Wildman–Crippen LogP) is 8.23. The first-order valence-electron chi connectivity index (χ1n) is 17.5. The Balaban J connectivity index is 0.000000238. The summed E-state index contributed by atoms with van der Waals surface area (Å²) in [5.41, 5.74) is -1.88. The van der Waals surface area contributed by atoms with E-state index in [9.17, 15) is 61.5 Å². The number of rotatable bonds is 10. The Morgan fingerprint density at radius 2 is 1.03 bits per heavy atom. The number of anilines is 2. The lowest BCUT2D eigenvalue weighted by molar-refractivity contribution is -0.138. The summed E-state index contributed by atoms with van der Waals surface area (Å²) in [7, 11) is -8.74. The molecular weight excluding hydrogens is 956 g/mol. The molecule has 6 N–H and O–H groups in total. The lowest BCUT2D eigenvalue weighted by Gasteiger charge is -2.13.